The Kier molecular flexibility index (Phi) is 7.23. The van der Waals surface area contributed by atoms with Crippen LogP contribution >= 0.6 is 11.5 Å². The van der Waals surface area contributed by atoms with Gasteiger partial charge in [0.1, 0.15) is 11.9 Å². The van der Waals surface area contributed by atoms with E-state index in [1.807, 2.05) is 20.8 Å². The van der Waals surface area contributed by atoms with E-state index in [-0.39, 0.29) is 17.5 Å². The molecule has 0 saturated carbocycles. The lowest BCUT2D eigenvalue weighted by atomic mass is 10.00. The van der Waals surface area contributed by atoms with Gasteiger partial charge in [-0.25, -0.2) is 4.39 Å². The van der Waals surface area contributed by atoms with Gasteiger partial charge in [0.25, 0.3) is 5.91 Å². The Morgan fingerprint density at radius 1 is 1.21 bits per heavy atom. The third-order valence-electron chi connectivity index (χ3n) is 4.03. The summed E-state index contributed by atoms with van der Waals surface area (Å²) in [5, 5.41) is 8.38. The molecule has 2 amide bonds. The van der Waals surface area contributed by atoms with E-state index in [4.69, 9.17) is 0 Å². The molecule has 0 unspecified atom stereocenters. The summed E-state index contributed by atoms with van der Waals surface area (Å²) in [5.41, 5.74) is 0.262. The lowest BCUT2D eigenvalue weighted by Gasteiger charge is -2.33. The largest absolute Gasteiger partial charge is 0.349 e. The van der Waals surface area contributed by atoms with Gasteiger partial charge in [0, 0.05) is 17.5 Å². The Morgan fingerprint density at radius 2 is 1.86 bits per heavy atom. The van der Waals surface area contributed by atoms with Crippen molar-refractivity contribution < 1.29 is 14.0 Å². The van der Waals surface area contributed by atoms with Gasteiger partial charge < -0.3 is 10.2 Å². The summed E-state index contributed by atoms with van der Waals surface area (Å²) in [4.78, 5) is 27.8. The van der Waals surface area contributed by atoms with Crippen molar-refractivity contribution in [3.8, 4) is 0 Å². The van der Waals surface area contributed by atoms with Crippen molar-refractivity contribution >= 4 is 23.3 Å². The number of nitrogens with one attached hydrogen (secondary N) is 1. The van der Waals surface area contributed by atoms with Crippen molar-refractivity contribution in [3.63, 3.8) is 0 Å². The summed E-state index contributed by atoms with van der Waals surface area (Å²) in [6.45, 7) is 10.1. The molecule has 152 valence electrons. The van der Waals surface area contributed by atoms with Gasteiger partial charge in [-0.05, 0) is 62.3 Å². The van der Waals surface area contributed by atoms with E-state index in [1.54, 1.807) is 5.38 Å². The van der Waals surface area contributed by atoms with Crippen LogP contribution in [-0.2, 0) is 4.79 Å². The van der Waals surface area contributed by atoms with E-state index in [1.165, 1.54) is 29.2 Å². The van der Waals surface area contributed by atoms with Gasteiger partial charge in [0.2, 0.25) is 5.91 Å². The van der Waals surface area contributed by atoms with E-state index in [0.717, 1.165) is 11.5 Å². The molecule has 0 bridgehead atoms. The van der Waals surface area contributed by atoms with E-state index in [9.17, 15) is 14.0 Å². The molecule has 0 aliphatic rings. The molecule has 1 aromatic carbocycles. The Hall–Kier alpha value is -2.35. The average Bonchev–Trinajstić information content (AvgIpc) is 3.12. The maximum Gasteiger partial charge on any atom is 0.276 e. The van der Waals surface area contributed by atoms with Gasteiger partial charge in [-0.15, -0.1) is 5.10 Å². The molecule has 0 fully saturated rings. The minimum Gasteiger partial charge on any atom is -0.349 e. The summed E-state index contributed by atoms with van der Waals surface area (Å²) < 4.78 is 17.2. The van der Waals surface area contributed by atoms with Crippen LogP contribution in [0.3, 0.4) is 0 Å². The number of carbonyl (C=O) groups excluding carboxylic acids is 2. The molecule has 0 spiro atoms. The van der Waals surface area contributed by atoms with Crippen LogP contribution in [0.4, 0.5) is 4.39 Å². The SMILES string of the molecule is CC(C)CCN(C(=O)c1csnn1)[C@@H](C(=O)NC(C)(C)C)c1ccc(F)cc1. The summed E-state index contributed by atoms with van der Waals surface area (Å²) >= 11 is 1.08. The zero-order valence-corrected chi connectivity index (χ0v) is 17.7. The fraction of sp³-hybridized carbons (Fsp3) is 0.500. The van der Waals surface area contributed by atoms with E-state index < -0.39 is 17.4 Å². The lowest BCUT2D eigenvalue weighted by Crippen LogP contribution is -2.49. The van der Waals surface area contributed by atoms with Gasteiger partial charge in [-0.2, -0.15) is 0 Å². The minimum atomic E-state index is -0.896. The average molecular weight is 407 g/mol. The Balaban J connectivity index is 2.47. The predicted molar refractivity (Wildman–Crippen MR) is 107 cm³/mol. The van der Waals surface area contributed by atoms with E-state index in [2.05, 4.69) is 28.8 Å². The first-order chi connectivity index (χ1) is 13.1. The highest BCUT2D eigenvalue weighted by Crippen LogP contribution is 2.25. The summed E-state index contributed by atoms with van der Waals surface area (Å²) in [6, 6.07) is 4.77. The van der Waals surface area contributed by atoms with Crippen molar-refractivity contribution in [1.82, 2.24) is 19.8 Å². The number of aromatic nitrogens is 2. The van der Waals surface area contributed by atoms with Crippen LogP contribution in [0, 0.1) is 11.7 Å². The first-order valence-corrected chi connectivity index (χ1v) is 10.1. The third-order valence-corrected chi connectivity index (χ3v) is 4.54. The molecule has 1 aromatic heterocycles. The zero-order valence-electron chi connectivity index (χ0n) is 16.9. The quantitative estimate of drug-likeness (QED) is 0.758. The summed E-state index contributed by atoms with van der Waals surface area (Å²) in [7, 11) is 0. The number of benzene rings is 1. The molecule has 0 aliphatic carbocycles. The van der Waals surface area contributed by atoms with Crippen LogP contribution in [-0.4, -0.2) is 38.4 Å². The van der Waals surface area contributed by atoms with Crippen molar-refractivity contribution in [3.05, 3.63) is 46.7 Å². The second-order valence-electron chi connectivity index (χ2n) is 8.16. The molecule has 0 radical (unpaired) electrons. The highest BCUT2D eigenvalue weighted by atomic mass is 32.1. The molecule has 1 atom stereocenters. The number of hydrogen-bond donors (Lipinski definition) is 1. The van der Waals surface area contributed by atoms with Crippen LogP contribution in [0.5, 0.6) is 0 Å². The van der Waals surface area contributed by atoms with E-state index >= 15 is 0 Å². The molecule has 2 aromatic rings. The minimum absolute atomic E-state index is 0.199. The Morgan fingerprint density at radius 3 is 2.36 bits per heavy atom. The van der Waals surface area contributed by atoms with E-state index in [0.29, 0.717) is 24.4 Å². The van der Waals surface area contributed by atoms with Crippen molar-refractivity contribution in [1.29, 1.82) is 0 Å². The van der Waals surface area contributed by atoms with Crippen molar-refractivity contribution in [2.45, 2.75) is 52.6 Å². The topological polar surface area (TPSA) is 75.2 Å². The molecule has 2 rings (SSSR count). The van der Waals surface area contributed by atoms with Gasteiger partial charge in [-0.1, -0.05) is 30.5 Å². The van der Waals surface area contributed by atoms with Crippen LogP contribution in [0.1, 0.15) is 63.1 Å². The maximum absolute atomic E-state index is 13.5. The molecular weight excluding hydrogens is 379 g/mol. The van der Waals surface area contributed by atoms with Crippen molar-refractivity contribution in [2.75, 3.05) is 6.54 Å². The fourth-order valence-corrected chi connectivity index (χ4v) is 3.14. The first kappa shape index (κ1) is 21.9. The smallest absolute Gasteiger partial charge is 0.276 e. The van der Waals surface area contributed by atoms with Gasteiger partial charge >= 0.3 is 0 Å². The molecule has 28 heavy (non-hydrogen) atoms. The maximum atomic E-state index is 13.5. The highest BCUT2D eigenvalue weighted by Gasteiger charge is 2.34. The molecule has 6 nitrogen and oxygen atoms in total. The third kappa shape index (κ3) is 6.09. The monoisotopic (exact) mass is 406 g/mol. The highest BCUT2D eigenvalue weighted by molar-refractivity contribution is 7.03. The Labute approximate surface area is 169 Å². The summed E-state index contributed by atoms with van der Waals surface area (Å²) in [5.74, 6) is -0.752. The number of amides is 2. The second-order valence-corrected chi connectivity index (χ2v) is 8.77. The summed E-state index contributed by atoms with van der Waals surface area (Å²) in [6.07, 6.45) is 0.712. The second kappa shape index (κ2) is 9.23. The number of carbonyl (C=O) groups is 2. The van der Waals surface area contributed by atoms with Crippen LogP contribution in [0.2, 0.25) is 0 Å². The zero-order chi connectivity index (χ0) is 20.9. The Bertz CT molecular complexity index is 786. The molecule has 0 saturated heterocycles. The molecular formula is C20H27FN4O2S. The number of hydrogen-bond acceptors (Lipinski definition) is 5. The number of nitrogens with zero attached hydrogens (tertiary/aromatic N) is 3. The molecule has 1 N–H and O–H groups in total. The lowest BCUT2D eigenvalue weighted by molar-refractivity contribution is -0.127. The van der Waals surface area contributed by atoms with Gasteiger partial charge in [-0.3, -0.25) is 9.59 Å². The normalized spacial score (nSPS) is 12.7. The fourth-order valence-electron chi connectivity index (χ4n) is 2.71. The molecule has 8 heteroatoms. The van der Waals surface area contributed by atoms with Crippen LogP contribution in [0.25, 0.3) is 0 Å². The number of halogens is 1. The van der Waals surface area contributed by atoms with Gasteiger partial charge in [0.15, 0.2) is 5.69 Å². The first-order valence-electron chi connectivity index (χ1n) is 9.24. The number of rotatable bonds is 7. The van der Waals surface area contributed by atoms with Crippen LogP contribution < -0.4 is 5.32 Å². The van der Waals surface area contributed by atoms with Crippen LogP contribution in [0.15, 0.2) is 29.6 Å². The van der Waals surface area contributed by atoms with Crippen molar-refractivity contribution in [2.24, 2.45) is 5.92 Å². The predicted octanol–water partition coefficient (Wildman–Crippen LogP) is 3.82. The molecule has 0 aliphatic heterocycles. The standard InChI is InChI=1S/C20H27FN4O2S/c1-13(2)10-11-25(19(27)16-12-28-24-23-16)17(18(26)22-20(3,4)5)14-6-8-15(21)9-7-14/h6-9,12-13,17H,10-11H2,1-5H3,(H,22,26)/t17-/m1/s1. The molecule has 1 heterocycles. The van der Waals surface area contributed by atoms with Gasteiger partial charge in [0.05, 0.1) is 0 Å².